The van der Waals surface area contributed by atoms with Crippen LogP contribution in [0.2, 0.25) is 5.02 Å². The van der Waals surface area contributed by atoms with Gasteiger partial charge < -0.3 is 5.32 Å². The van der Waals surface area contributed by atoms with Gasteiger partial charge in [0, 0.05) is 21.4 Å². The standard InChI is InChI=1S/C17H15BrClN3O/c1-3-13-16(22-9-11(18)4-7-15(22)20-13)17(23)21-14-6-5-12(19)8-10(14)2/h4-9H,3H2,1-2H3,(H,21,23). The molecule has 0 aliphatic heterocycles. The summed E-state index contributed by atoms with van der Waals surface area (Å²) in [6.07, 6.45) is 2.53. The molecule has 0 unspecified atom stereocenters. The van der Waals surface area contributed by atoms with Gasteiger partial charge in [-0.3, -0.25) is 9.20 Å². The molecular formula is C17H15BrClN3O. The molecule has 0 fully saturated rings. The predicted molar refractivity (Wildman–Crippen MR) is 96.4 cm³/mol. The first-order valence-corrected chi connectivity index (χ1v) is 8.40. The number of pyridine rings is 1. The van der Waals surface area contributed by atoms with Crippen LogP contribution in [0.25, 0.3) is 5.65 Å². The van der Waals surface area contributed by atoms with Gasteiger partial charge in [-0.25, -0.2) is 4.98 Å². The lowest BCUT2D eigenvalue weighted by molar-refractivity contribution is 0.102. The largest absolute Gasteiger partial charge is 0.320 e. The molecule has 2 heterocycles. The molecule has 0 saturated heterocycles. The summed E-state index contributed by atoms with van der Waals surface area (Å²) in [4.78, 5) is 17.3. The maximum Gasteiger partial charge on any atom is 0.274 e. The van der Waals surface area contributed by atoms with Gasteiger partial charge in [-0.2, -0.15) is 0 Å². The van der Waals surface area contributed by atoms with E-state index >= 15 is 0 Å². The summed E-state index contributed by atoms with van der Waals surface area (Å²) in [5, 5.41) is 3.60. The van der Waals surface area contributed by atoms with Gasteiger partial charge >= 0.3 is 0 Å². The van der Waals surface area contributed by atoms with Crippen LogP contribution in [0.1, 0.15) is 28.7 Å². The van der Waals surface area contributed by atoms with Crippen LogP contribution in [0.15, 0.2) is 41.0 Å². The molecule has 23 heavy (non-hydrogen) atoms. The number of halogens is 2. The molecule has 4 nitrogen and oxygen atoms in total. The van der Waals surface area contributed by atoms with Gasteiger partial charge in [0.25, 0.3) is 5.91 Å². The van der Waals surface area contributed by atoms with Crippen LogP contribution in [0.5, 0.6) is 0 Å². The monoisotopic (exact) mass is 391 g/mol. The van der Waals surface area contributed by atoms with E-state index in [2.05, 4.69) is 26.2 Å². The summed E-state index contributed by atoms with van der Waals surface area (Å²) in [6, 6.07) is 9.18. The average molecular weight is 393 g/mol. The molecular weight excluding hydrogens is 378 g/mol. The highest BCUT2D eigenvalue weighted by Crippen LogP contribution is 2.22. The van der Waals surface area contributed by atoms with E-state index in [9.17, 15) is 4.79 Å². The molecule has 118 valence electrons. The van der Waals surface area contributed by atoms with Crippen LogP contribution in [0, 0.1) is 6.92 Å². The van der Waals surface area contributed by atoms with Crippen molar-refractivity contribution in [2.45, 2.75) is 20.3 Å². The molecule has 2 aromatic heterocycles. The van der Waals surface area contributed by atoms with Gasteiger partial charge in [0.05, 0.1) is 5.69 Å². The number of nitrogens with zero attached hydrogens (tertiary/aromatic N) is 2. The third kappa shape index (κ3) is 3.12. The van der Waals surface area contributed by atoms with E-state index in [1.165, 1.54) is 0 Å². The van der Waals surface area contributed by atoms with Crippen LogP contribution < -0.4 is 5.32 Å². The van der Waals surface area contributed by atoms with Gasteiger partial charge in [0.15, 0.2) is 0 Å². The van der Waals surface area contributed by atoms with Crippen LogP contribution in [-0.4, -0.2) is 15.3 Å². The van der Waals surface area contributed by atoms with Crippen molar-refractivity contribution in [1.82, 2.24) is 9.38 Å². The molecule has 0 bridgehead atoms. The minimum Gasteiger partial charge on any atom is -0.320 e. The van der Waals surface area contributed by atoms with Gasteiger partial charge in [-0.1, -0.05) is 18.5 Å². The van der Waals surface area contributed by atoms with Crippen LogP contribution in [0.3, 0.4) is 0 Å². The zero-order chi connectivity index (χ0) is 16.6. The normalized spacial score (nSPS) is 11.0. The summed E-state index contributed by atoms with van der Waals surface area (Å²) in [6.45, 7) is 3.90. The van der Waals surface area contributed by atoms with Crippen molar-refractivity contribution in [2.24, 2.45) is 0 Å². The lowest BCUT2D eigenvalue weighted by Crippen LogP contribution is -2.17. The third-order valence-electron chi connectivity index (χ3n) is 3.64. The van der Waals surface area contributed by atoms with Crippen LogP contribution in [0.4, 0.5) is 5.69 Å². The molecule has 6 heteroatoms. The first kappa shape index (κ1) is 16.0. The molecule has 1 amide bonds. The highest BCUT2D eigenvalue weighted by Gasteiger charge is 2.19. The molecule has 0 aliphatic carbocycles. The van der Waals surface area contributed by atoms with Crippen molar-refractivity contribution in [3.05, 3.63) is 63.0 Å². The second-order valence-corrected chi connectivity index (χ2v) is 6.60. The molecule has 1 aromatic carbocycles. The molecule has 0 radical (unpaired) electrons. The summed E-state index contributed by atoms with van der Waals surface area (Å²) in [7, 11) is 0. The average Bonchev–Trinajstić information content (AvgIpc) is 2.87. The zero-order valence-electron chi connectivity index (χ0n) is 12.7. The Kier molecular flexibility index (Phi) is 4.41. The van der Waals surface area contributed by atoms with E-state index in [0.717, 1.165) is 27.1 Å². The SMILES string of the molecule is CCc1nc2ccc(Br)cn2c1C(=O)Nc1ccc(Cl)cc1C. The lowest BCUT2D eigenvalue weighted by Gasteiger charge is -2.09. The van der Waals surface area contributed by atoms with Gasteiger partial charge in [0.2, 0.25) is 0 Å². The van der Waals surface area contributed by atoms with Crippen molar-refractivity contribution in [2.75, 3.05) is 5.32 Å². The Morgan fingerprint density at radius 1 is 1.35 bits per heavy atom. The van der Waals surface area contributed by atoms with Gasteiger partial charge in [-0.05, 0) is 65.2 Å². The highest BCUT2D eigenvalue weighted by atomic mass is 79.9. The first-order chi connectivity index (χ1) is 11.0. The predicted octanol–water partition coefficient (Wildman–Crippen LogP) is 4.87. The number of fused-ring (bicyclic) bond motifs is 1. The summed E-state index contributed by atoms with van der Waals surface area (Å²) >= 11 is 9.40. The van der Waals surface area contributed by atoms with E-state index in [0.29, 0.717) is 17.1 Å². The number of rotatable bonds is 3. The van der Waals surface area contributed by atoms with Crippen molar-refractivity contribution < 1.29 is 4.79 Å². The number of nitrogens with one attached hydrogen (secondary N) is 1. The molecule has 0 atom stereocenters. The smallest absolute Gasteiger partial charge is 0.274 e. The van der Waals surface area contributed by atoms with E-state index in [1.54, 1.807) is 12.1 Å². The Morgan fingerprint density at radius 3 is 2.83 bits per heavy atom. The number of hydrogen-bond donors (Lipinski definition) is 1. The number of benzene rings is 1. The maximum atomic E-state index is 12.8. The molecule has 1 N–H and O–H groups in total. The zero-order valence-corrected chi connectivity index (χ0v) is 15.1. The molecule has 0 spiro atoms. The Balaban J connectivity index is 2.04. The van der Waals surface area contributed by atoms with E-state index in [4.69, 9.17) is 11.6 Å². The highest BCUT2D eigenvalue weighted by molar-refractivity contribution is 9.10. The fourth-order valence-electron chi connectivity index (χ4n) is 2.50. The minimum absolute atomic E-state index is 0.183. The number of aryl methyl sites for hydroxylation is 2. The van der Waals surface area contributed by atoms with E-state index < -0.39 is 0 Å². The molecule has 0 aliphatic rings. The summed E-state index contributed by atoms with van der Waals surface area (Å²) < 4.78 is 2.70. The quantitative estimate of drug-likeness (QED) is 0.691. The number of carbonyl (C=O) groups excluding carboxylic acids is 1. The van der Waals surface area contributed by atoms with E-state index in [-0.39, 0.29) is 5.91 Å². The van der Waals surface area contributed by atoms with Crippen molar-refractivity contribution in [3.8, 4) is 0 Å². The second-order valence-electron chi connectivity index (χ2n) is 5.25. The first-order valence-electron chi connectivity index (χ1n) is 7.23. The summed E-state index contributed by atoms with van der Waals surface area (Å²) in [5.74, 6) is -0.183. The van der Waals surface area contributed by atoms with Gasteiger partial charge in [-0.15, -0.1) is 0 Å². The number of aromatic nitrogens is 2. The molecule has 3 aromatic rings. The Hall–Kier alpha value is -1.85. The Morgan fingerprint density at radius 2 is 2.13 bits per heavy atom. The Bertz CT molecular complexity index is 904. The van der Waals surface area contributed by atoms with E-state index in [1.807, 2.05) is 42.6 Å². The molecule has 3 rings (SSSR count). The third-order valence-corrected chi connectivity index (χ3v) is 4.35. The van der Waals surface area contributed by atoms with Crippen molar-refractivity contribution >= 4 is 44.8 Å². The number of hydrogen-bond acceptors (Lipinski definition) is 2. The lowest BCUT2D eigenvalue weighted by atomic mass is 10.2. The van der Waals surface area contributed by atoms with Crippen molar-refractivity contribution in [1.29, 1.82) is 0 Å². The number of carbonyl (C=O) groups is 1. The van der Waals surface area contributed by atoms with Crippen molar-refractivity contribution in [3.63, 3.8) is 0 Å². The number of amides is 1. The van der Waals surface area contributed by atoms with Gasteiger partial charge in [0.1, 0.15) is 11.3 Å². The Labute approximate surface area is 147 Å². The summed E-state index contributed by atoms with van der Waals surface area (Å²) in [5.41, 5.74) is 3.73. The number of imidazole rings is 1. The maximum absolute atomic E-state index is 12.8. The minimum atomic E-state index is -0.183. The van der Waals surface area contributed by atoms with Crippen LogP contribution >= 0.6 is 27.5 Å². The number of anilines is 1. The topological polar surface area (TPSA) is 46.4 Å². The fourth-order valence-corrected chi connectivity index (χ4v) is 3.07. The van der Waals surface area contributed by atoms with Crippen LogP contribution in [-0.2, 0) is 6.42 Å². The fraction of sp³-hybridized carbons (Fsp3) is 0.176. The molecule has 0 saturated carbocycles. The second kappa shape index (κ2) is 6.34.